The minimum Gasteiger partial charge on any atom is -0.508 e. The van der Waals surface area contributed by atoms with Crippen LogP contribution in [0.4, 0.5) is 17.5 Å². The van der Waals surface area contributed by atoms with Crippen molar-refractivity contribution in [3.63, 3.8) is 0 Å². The Bertz CT molecular complexity index is 5530. The van der Waals surface area contributed by atoms with E-state index in [4.69, 9.17) is 60.9 Å². The number of nitrogens with zero attached hydrogens (tertiary/aromatic N) is 12. The summed E-state index contributed by atoms with van der Waals surface area (Å²) in [6.45, 7) is 16.5. The van der Waals surface area contributed by atoms with Crippen LogP contribution in [0.25, 0.3) is 65.8 Å². The Kier molecular flexibility index (Phi) is 32.0. The number of fused-ring (bicyclic) bond motifs is 9. The summed E-state index contributed by atoms with van der Waals surface area (Å²) in [4.78, 5) is 88.0. The van der Waals surface area contributed by atoms with Gasteiger partial charge in [-0.25, -0.2) is 63.8 Å². The number of aromatic hydroxyl groups is 3. The average Bonchev–Trinajstić information content (AvgIpc) is 1.63. The molecule has 12 aromatic rings. The predicted molar refractivity (Wildman–Crippen MR) is 448 cm³/mol. The van der Waals surface area contributed by atoms with Crippen molar-refractivity contribution in [1.29, 1.82) is 0 Å². The summed E-state index contributed by atoms with van der Waals surface area (Å²) < 4.78 is 39.5. The number of pyridine rings is 3. The zero-order valence-electron chi connectivity index (χ0n) is 66.2. The molecule has 0 spiro atoms. The fourth-order valence-electron chi connectivity index (χ4n) is 14.0. The molecular formula is C86H104N15O13P. The molecule has 0 atom stereocenters. The van der Waals surface area contributed by atoms with Crippen LogP contribution >= 0.6 is 7.82 Å². The molecule has 0 fully saturated rings. The molecule has 29 heteroatoms. The number of isocyanates is 3. The quantitative estimate of drug-likeness (QED) is 0.00580. The first kappa shape index (κ1) is 86.1. The molecule has 606 valence electrons. The number of aromatic nitrogens is 9. The summed E-state index contributed by atoms with van der Waals surface area (Å²) in [5.74, 6) is 4.16. The van der Waals surface area contributed by atoms with Gasteiger partial charge in [-0.3, -0.25) is 9.79 Å². The van der Waals surface area contributed by atoms with Crippen molar-refractivity contribution in [1.82, 2.24) is 43.6 Å². The molecule has 28 nitrogen and oxygen atoms in total. The lowest BCUT2D eigenvalue weighted by atomic mass is 10.1. The van der Waals surface area contributed by atoms with Crippen molar-refractivity contribution in [2.75, 3.05) is 76.5 Å². The number of benzene rings is 6. The number of phenolic OH excluding ortho intramolecular Hbond substituents is 3. The van der Waals surface area contributed by atoms with Crippen LogP contribution in [-0.4, -0.2) is 146 Å². The van der Waals surface area contributed by atoms with E-state index in [0.29, 0.717) is 137 Å². The van der Waals surface area contributed by atoms with Crippen molar-refractivity contribution < 1.29 is 62.8 Å². The number of carbonyl (C=O) groups excluding carboxylic acids is 3. The molecule has 11 N–H and O–H groups in total. The van der Waals surface area contributed by atoms with E-state index >= 15 is 0 Å². The van der Waals surface area contributed by atoms with Crippen molar-refractivity contribution in [3.05, 3.63) is 171 Å². The summed E-state index contributed by atoms with van der Waals surface area (Å²) in [6.07, 6.45) is 20.4. The second kappa shape index (κ2) is 42.7. The van der Waals surface area contributed by atoms with Gasteiger partial charge in [0.2, 0.25) is 18.2 Å². The van der Waals surface area contributed by atoms with Gasteiger partial charge in [0.15, 0.2) is 29.0 Å². The molecule has 0 saturated carbocycles. The minimum atomic E-state index is -4.65. The van der Waals surface area contributed by atoms with Gasteiger partial charge in [0.1, 0.15) is 45.5 Å². The Hall–Kier alpha value is -11.3. The summed E-state index contributed by atoms with van der Waals surface area (Å²) in [5.41, 5.74) is 34.2. The Labute approximate surface area is 667 Å². The number of unbranched alkanes of at least 4 members (excludes halogenated alkanes) is 3. The number of phosphoric acid groups is 1. The normalized spacial score (nSPS) is 11.4. The first-order valence-corrected chi connectivity index (χ1v) is 41.0. The van der Waals surface area contributed by atoms with Gasteiger partial charge in [0.25, 0.3) is 0 Å². The Morgan fingerprint density at radius 1 is 0.417 bits per heavy atom. The van der Waals surface area contributed by atoms with E-state index < -0.39 is 7.82 Å². The van der Waals surface area contributed by atoms with Gasteiger partial charge in [0.05, 0.1) is 59.3 Å². The third-order valence-electron chi connectivity index (χ3n) is 19.8. The number of ether oxygens (including phenoxy) is 3. The summed E-state index contributed by atoms with van der Waals surface area (Å²) in [6, 6.07) is 34.8. The molecule has 0 aliphatic carbocycles. The van der Waals surface area contributed by atoms with Crippen LogP contribution in [-0.2, 0) is 91.3 Å². The number of phosphoric ester groups is 1. The Morgan fingerprint density at radius 3 is 1.15 bits per heavy atom. The molecule has 0 aliphatic rings. The van der Waals surface area contributed by atoms with E-state index in [2.05, 4.69) is 109 Å². The standard InChI is InChI=1S/C29H36N5O6P.C29H35N5O3.C28H33N5O4/c1-3-4-8-26-33-27-28(34(26)18-22-10-12-25(20(2)16-22)40-41(36,37)38)23-11-9-21(17-24(23)32-29(27)30)7-5-14-39-15-6-13-31-19-35;1-3-4-8-26-33-27-28(34(26)18-22-10-12-25(36)20(2)16-22)23-11-9-21(17-24(23)32-29(27)30)7-5-14-37-15-6-13-31-19-35;1-2-3-10-24-32-25-26(33(24)17-20-8-4-9-23(35)27(20)36)21-12-11-19(16-22(21)31-28(25)29)7-5-14-37-15-6-13-30-18-34/h9-12,16-17H,3-8,13-15,18H2,1-2H3,(H2,30,32)(H2,36,37,38);9-12,16-17,36H,3-8,13-15,18H2,1-2H3,(H2,30,32);4,8-9,11-12,16,35-36H,2-3,5-7,10,13-15,17H2,1H3,(H2,29,31). The second-order valence-electron chi connectivity index (χ2n) is 28.5. The second-order valence-corrected chi connectivity index (χ2v) is 29.7. The number of aryl methyl sites for hydroxylation is 8. The molecule has 6 aromatic heterocycles. The molecule has 6 aromatic carbocycles. The molecule has 0 bridgehead atoms. The van der Waals surface area contributed by atoms with E-state index in [1.807, 2.05) is 25.1 Å². The Balaban J connectivity index is 0.000000183. The van der Waals surface area contributed by atoms with Crippen molar-refractivity contribution >= 4 is 109 Å². The average molecular weight is 1590 g/mol. The van der Waals surface area contributed by atoms with Crippen LogP contribution in [0.15, 0.2) is 124 Å². The predicted octanol–water partition coefficient (Wildman–Crippen LogP) is 14.9. The van der Waals surface area contributed by atoms with E-state index in [1.54, 1.807) is 43.3 Å². The fourth-order valence-corrected chi connectivity index (χ4v) is 14.4. The SMILES string of the molecule is CCCCc1nc2c(N)nc3cc(CCCOCCCN=C=O)ccc3c2n1Cc1ccc(O)c(C)c1.CCCCc1nc2c(N)nc3cc(CCCOCCCN=C=O)ccc3c2n1Cc1ccc(OP(=O)(O)O)c(C)c1.CCCCc1nc2c(N)nc3cc(CCCOCCCN=C=O)ccc3c2n1Cc1cccc(O)c1O. The van der Waals surface area contributed by atoms with Crippen LogP contribution in [0, 0.1) is 13.8 Å². The van der Waals surface area contributed by atoms with Crippen LogP contribution in [0.2, 0.25) is 0 Å². The van der Waals surface area contributed by atoms with Gasteiger partial charge in [-0.2, -0.15) is 0 Å². The van der Waals surface area contributed by atoms with E-state index in [-0.39, 0.29) is 17.2 Å². The number of hydrogen-bond acceptors (Lipinski definition) is 23. The zero-order chi connectivity index (χ0) is 81.8. The van der Waals surface area contributed by atoms with Crippen molar-refractivity contribution in [2.45, 2.75) is 170 Å². The van der Waals surface area contributed by atoms with Crippen LogP contribution in [0.5, 0.6) is 23.0 Å². The number of phenols is 3. The lowest BCUT2D eigenvalue weighted by molar-refractivity contribution is 0.131. The first-order chi connectivity index (χ1) is 55.7. The first-order valence-electron chi connectivity index (χ1n) is 39.4. The zero-order valence-corrected chi connectivity index (χ0v) is 67.0. The van der Waals surface area contributed by atoms with Crippen LogP contribution in [0.3, 0.4) is 0 Å². The lowest BCUT2D eigenvalue weighted by Gasteiger charge is -2.14. The number of nitrogen functional groups attached to an aromatic ring is 3. The molecule has 115 heavy (non-hydrogen) atoms. The third-order valence-corrected chi connectivity index (χ3v) is 20.2. The maximum absolute atomic E-state index is 11.3. The maximum atomic E-state index is 11.3. The number of hydrogen-bond donors (Lipinski definition) is 8. The highest BCUT2D eigenvalue weighted by Gasteiger charge is 2.24. The molecule has 12 rings (SSSR count). The number of rotatable bonds is 41. The van der Waals surface area contributed by atoms with Gasteiger partial charge in [-0.1, -0.05) is 113 Å². The van der Waals surface area contributed by atoms with E-state index in [0.717, 1.165) is 203 Å². The van der Waals surface area contributed by atoms with E-state index in [1.165, 1.54) is 23.8 Å². The fraction of sp³-hybridized carbons (Fsp3) is 0.407. The number of nitrogens with two attached hydrogens (primary N) is 3. The van der Waals surface area contributed by atoms with Gasteiger partial charge in [0, 0.05) is 93.7 Å². The number of para-hydroxylation sites is 1. The third kappa shape index (κ3) is 23.5. The summed E-state index contributed by atoms with van der Waals surface area (Å²) >= 11 is 0. The smallest absolute Gasteiger partial charge is 0.508 e. The van der Waals surface area contributed by atoms with Gasteiger partial charge >= 0.3 is 7.82 Å². The topological polar surface area (TPSA) is 414 Å². The highest BCUT2D eigenvalue weighted by molar-refractivity contribution is 7.46. The largest absolute Gasteiger partial charge is 0.524 e. The molecule has 0 radical (unpaired) electrons. The molecule has 0 aliphatic heterocycles. The number of anilines is 3. The Morgan fingerprint density at radius 2 is 0.783 bits per heavy atom. The van der Waals surface area contributed by atoms with E-state index in [9.17, 15) is 44.1 Å². The molecular weight excluding hydrogens is 1480 g/mol. The number of imidazole rings is 3. The maximum Gasteiger partial charge on any atom is 0.524 e. The molecule has 0 amide bonds. The van der Waals surface area contributed by atoms with Gasteiger partial charge in [-0.05, 0) is 166 Å². The molecule has 0 unspecified atom stereocenters. The minimum absolute atomic E-state index is 0.127. The van der Waals surface area contributed by atoms with Gasteiger partial charge < -0.3 is 65.0 Å². The summed E-state index contributed by atoms with van der Waals surface area (Å²) in [7, 11) is -4.65. The highest BCUT2D eigenvalue weighted by Crippen LogP contribution is 2.41. The molecule has 0 saturated heterocycles. The van der Waals surface area contributed by atoms with Crippen LogP contribution < -0.4 is 21.7 Å². The highest BCUT2D eigenvalue weighted by atomic mass is 31.2. The van der Waals surface area contributed by atoms with Crippen molar-refractivity contribution in [3.8, 4) is 23.0 Å². The van der Waals surface area contributed by atoms with Crippen molar-refractivity contribution in [2.24, 2.45) is 15.0 Å². The molecule has 6 heterocycles. The van der Waals surface area contributed by atoms with Crippen LogP contribution in [0.1, 0.15) is 160 Å². The monoisotopic (exact) mass is 1590 g/mol. The van der Waals surface area contributed by atoms with Gasteiger partial charge in [-0.15, -0.1) is 0 Å². The summed E-state index contributed by atoms with van der Waals surface area (Å²) in [5, 5.41) is 33.4. The number of aliphatic imine (C=N–C) groups is 3. The lowest BCUT2D eigenvalue weighted by Crippen LogP contribution is -2.06.